The van der Waals surface area contributed by atoms with E-state index in [-0.39, 0.29) is 22.9 Å². The first kappa shape index (κ1) is 24.7. The number of nitrogens with one attached hydrogen (secondary N) is 1. The summed E-state index contributed by atoms with van der Waals surface area (Å²) < 4.78 is 1.70. The average molecular weight is 500 g/mol. The number of imidazole rings is 2. The number of aromatic amines is 1. The lowest BCUT2D eigenvalue weighted by Gasteiger charge is -2.44. The number of hydrogen-bond donors (Lipinski definition) is 1. The number of amides is 2. The van der Waals surface area contributed by atoms with Gasteiger partial charge in [-0.3, -0.25) is 14.5 Å². The van der Waals surface area contributed by atoms with Crippen molar-refractivity contribution in [3.8, 4) is 11.3 Å². The number of carbonyl (C=O) groups is 2. The van der Waals surface area contributed by atoms with Crippen LogP contribution in [0.3, 0.4) is 0 Å². The van der Waals surface area contributed by atoms with Crippen LogP contribution < -0.4 is 4.90 Å². The number of hydrogen-bond acceptors (Lipinski definition) is 5. The van der Waals surface area contributed by atoms with E-state index in [9.17, 15) is 9.59 Å². The zero-order valence-corrected chi connectivity index (χ0v) is 22.5. The molecule has 4 heterocycles. The molecule has 4 aromatic rings. The molecule has 9 nitrogen and oxygen atoms in total. The Balaban J connectivity index is 1.52. The Labute approximate surface area is 216 Å². The third kappa shape index (κ3) is 4.28. The van der Waals surface area contributed by atoms with Crippen LogP contribution in [0, 0.1) is 13.8 Å². The monoisotopic (exact) mass is 499 g/mol. The Bertz CT molecular complexity index is 1510. The van der Waals surface area contributed by atoms with Crippen molar-refractivity contribution in [3.05, 3.63) is 65.4 Å². The zero-order valence-electron chi connectivity index (χ0n) is 22.5. The molecule has 2 amide bonds. The van der Waals surface area contributed by atoms with E-state index >= 15 is 0 Å². The van der Waals surface area contributed by atoms with Crippen LogP contribution >= 0.6 is 0 Å². The molecule has 3 aromatic heterocycles. The summed E-state index contributed by atoms with van der Waals surface area (Å²) in [6.45, 7) is 14.5. The number of carbonyl (C=O) groups excluding carboxylic acids is 2. The normalized spacial score (nSPS) is 16.0. The van der Waals surface area contributed by atoms with Crippen molar-refractivity contribution in [2.45, 2.75) is 59.4 Å². The van der Waals surface area contributed by atoms with Gasteiger partial charge in [-0.2, -0.15) is 5.10 Å². The number of aromatic nitrogens is 5. The molecule has 1 N–H and O–H groups in total. The molecule has 1 aliphatic rings. The molecule has 0 radical (unpaired) electrons. The first-order valence-electron chi connectivity index (χ1n) is 12.5. The minimum Gasteiger partial charge on any atom is -0.347 e. The molecule has 9 heteroatoms. The van der Waals surface area contributed by atoms with Crippen LogP contribution in [0.2, 0.25) is 0 Å². The Morgan fingerprint density at radius 1 is 1.05 bits per heavy atom. The summed E-state index contributed by atoms with van der Waals surface area (Å²) in [4.78, 5) is 42.6. The Morgan fingerprint density at radius 3 is 2.38 bits per heavy atom. The van der Waals surface area contributed by atoms with Gasteiger partial charge in [-0.25, -0.2) is 14.5 Å². The molecule has 1 aromatic carbocycles. The van der Waals surface area contributed by atoms with E-state index in [1.165, 1.54) is 5.56 Å². The van der Waals surface area contributed by atoms with Crippen LogP contribution in [0.5, 0.6) is 0 Å². The molecule has 0 aliphatic carbocycles. The molecule has 0 bridgehead atoms. The maximum absolute atomic E-state index is 13.8. The third-order valence-electron chi connectivity index (χ3n) is 7.00. The van der Waals surface area contributed by atoms with Gasteiger partial charge in [-0.15, -0.1) is 0 Å². The van der Waals surface area contributed by atoms with Gasteiger partial charge in [0.1, 0.15) is 17.1 Å². The number of fused-ring (bicyclic) bond motifs is 1. The van der Waals surface area contributed by atoms with E-state index in [0.717, 1.165) is 22.6 Å². The number of H-pyrrole nitrogens is 1. The first-order valence-corrected chi connectivity index (χ1v) is 12.5. The summed E-state index contributed by atoms with van der Waals surface area (Å²) in [6, 6.07) is 10.3. The van der Waals surface area contributed by atoms with Crippen LogP contribution in [0.4, 0.5) is 5.82 Å². The highest BCUT2D eigenvalue weighted by atomic mass is 16.2. The van der Waals surface area contributed by atoms with Gasteiger partial charge in [0.05, 0.1) is 11.9 Å². The molecular weight excluding hydrogens is 466 g/mol. The topological polar surface area (TPSA) is 99.5 Å². The van der Waals surface area contributed by atoms with Gasteiger partial charge < -0.3 is 9.88 Å². The van der Waals surface area contributed by atoms with Gasteiger partial charge in [0.25, 0.3) is 11.8 Å². The van der Waals surface area contributed by atoms with Gasteiger partial charge in [0, 0.05) is 30.4 Å². The highest BCUT2D eigenvalue weighted by Crippen LogP contribution is 2.31. The van der Waals surface area contributed by atoms with E-state index in [4.69, 9.17) is 10.1 Å². The highest BCUT2D eigenvalue weighted by Gasteiger charge is 2.46. The van der Waals surface area contributed by atoms with Gasteiger partial charge in [0.2, 0.25) is 0 Å². The lowest BCUT2D eigenvalue weighted by molar-refractivity contribution is -0.129. The molecule has 192 valence electrons. The standard InChI is InChI=1S/C28H33N7O2/c1-17-8-10-19(11-9-17)21-14-20(27(3,4)5)24-31-22(16-35(24)32-21)25(36)34-13-12-33(26(37)28(34,6)7)23-15-29-18(2)30-23/h8-11,14-16H,12-13H2,1-7H3,(H,29,30). The number of rotatable bonds is 3. The van der Waals surface area contributed by atoms with E-state index in [1.54, 1.807) is 40.6 Å². The molecule has 37 heavy (non-hydrogen) atoms. The Kier molecular flexibility index (Phi) is 5.69. The molecular formula is C28H33N7O2. The maximum Gasteiger partial charge on any atom is 0.275 e. The molecule has 1 saturated heterocycles. The molecule has 0 atom stereocenters. The summed E-state index contributed by atoms with van der Waals surface area (Å²) in [5.41, 5.74) is 3.60. The van der Waals surface area contributed by atoms with Crippen molar-refractivity contribution in [3.63, 3.8) is 0 Å². The summed E-state index contributed by atoms with van der Waals surface area (Å²) >= 11 is 0. The zero-order chi connectivity index (χ0) is 26.7. The van der Waals surface area contributed by atoms with Crippen molar-refractivity contribution in [2.75, 3.05) is 18.0 Å². The van der Waals surface area contributed by atoms with Crippen molar-refractivity contribution in [1.82, 2.24) is 29.5 Å². The molecule has 1 aliphatic heterocycles. The number of piperazine rings is 1. The minimum atomic E-state index is -1.06. The molecule has 5 rings (SSSR count). The second-order valence-electron chi connectivity index (χ2n) is 11.3. The average Bonchev–Trinajstić information content (AvgIpc) is 3.45. The summed E-state index contributed by atoms with van der Waals surface area (Å²) in [5.74, 6) is 0.824. The van der Waals surface area contributed by atoms with Crippen LogP contribution in [0.1, 0.15) is 62.1 Å². The van der Waals surface area contributed by atoms with E-state index in [1.807, 2.05) is 19.1 Å². The SMILES string of the molecule is Cc1ccc(-c2cc(C(C)(C)C)c3nc(C(=O)N4CCN(c5c[nH]c(C)n5)C(=O)C4(C)C)cn3n2)cc1. The van der Waals surface area contributed by atoms with E-state index in [0.29, 0.717) is 24.6 Å². The van der Waals surface area contributed by atoms with Crippen LogP contribution in [0.15, 0.2) is 42.7 Å². The predicted octanol–water partition coefficient (Wildman–Crippen LogP) is 4.30. The van der Waals surface area contributed by atoms with Crippen molar-refractivity contribution >= 4 is 23.3 Å². The van der Waals surface area contributed by atoms with Crippen LogP contribution in [-0.2, 0) is 10.2 Å². The van der Waals surface area contributed by atoms with E-state index < -0.39 is 5.54 Å². The Morgan fingerprint density at radius 2 is 1.76 bits per heavy atom. The fraction of sp³-hybridized carbons (Fsp3) is 0.393. The lowest BCUT2D eigenvalue weighted by Crippen LogP contribution is -2.65. The second kappa shape index (κ2) is 8.54. The fourth-order valence-corrected chi connectivity index (χ4v) is 4.78. The summed E-state index contributed by atoms with van der Waals surface area (Å²) in [6.07, 6.45) is 3.39. The van der Waals surface area contributed by atoms with Gasteiger partial charge in [-0.05, 0) is 39.2 Å². The quantitative estimate of drug-likeness (QED) is 0.453. The first-order chi connectivity index (χ1) is 17.4. The maximum atomic E-state index is 13.8. The number of nitrogens with zero attached hydrogens (tertiary/aromatic N) is 6. The Hall–Kier alpha value is -4.01. The number of benzene rings is 1. The minimum absolute atomic E-state index is 0.183. The van der Waals surface area contributed by atoms with Crippen molar-refractivity contribution < 1.29 is 9.59 Å². The van der Waals surface area contributed by atoms with Crippen LogP contribution in [0.25, 0.3) is 16.9 Å². The lowest BCUT2D eigenvalue weighted by atomic mass is 9.87. The second-order valence-corrected chi connectivity index (χ2v) is 11.3. The summed E-state index contributed by atoms with van der Waals surface area (Å²) in [7, 11) is 0. The van der Waals surface area contributed by atoms with Gasteiger partial charge >= 0.3 is 0 Å². The van der Waals surface area contributed by atoms with Crippen LogP contribution in [-0.4, -0.2) is 59.9 Å². The van der Waals surface area contributed by atoms with Crippen molar-refractivity contribution in [1.29, 1.82) is 0 Å². The van der Waals surface area contributed by atoms with Gasteiger partial charge in [-0.1, -0.05) is 50.6 Å². The fourth-order valence-electron chi connectivity index (χ4n) is 4.78. The van der Waals surface area contributed by atoms with E-state index in [2.05, 4.69) is 55.9 Å². The molecule has 0 unspecified atom stereocenters. The smallest absolute Gasteiger partial charge is 0.275 e. The number of aryl methyl sites for hydroxylation is 2. The largest absolute Gasteiger partial charge is 0.347 e. The molecule has 0 spiro atoms. The molecule has 1 fully saturated rings. The van der Waals surface area contributed by atoms with Crippen molar-refractivity contribution in [2.24, 2.45) is 0 Å². The molecule has 0 saturated carbocycles. The van der Waals surface area contributed by atoms with Gasteiger partial charge in [0.15, 0.2) is 11.5 Å². The third-order valence-corrected chi connectivity index (χ3v) is 7.00. The highest BCUT2D eigenvalue weighted by molar-refractivity contribution is 6.05. The summed E-state index contributed by atoms with van der Waals surface area (Å²) in [5, 5.41) is 4.80. The number of anilines is 1. The predicted molar refractivity (Wildman–Crippen MR) is 143 cm³/mol.